The third-order valence-electron chi connectivity index (χ3n) is 3.02. The fraction of sp³-hybridized carbons (Fsp3) is 0.0667. The van der Waals surface area contributed by atoms with E-state index in [9.17, 15) is 10.1 Å². The van der Waals surface area contributed by atoms with Crippen molar-refractivity contribution in [3.05, 3.63) is 47.5 Å². The van der Waals surface area contributed by atoms with Crippen LogP contribution in [-0.4, -0.2) is 21.0 Å². The molecule has 0 aliphatic heterocycles. The summed E-state index contributed by atoms with van der Waals surface area (Å²) < 4.78 is 4.86. The van der Waals surface area contributed by atoms with Gasteiger partial charge >= 0.3 is 0 Å². The van der Waals surface area contributed by atoms with Crippen LogP contribution < -0.4 is 5.32 Å². The normalized spacial score (nSPS) is 11.4. The third-order valence-corrected chi connectivity index (χ3v) is 3.02. The van der Waals surface area contributed by atoms with Gasteiger partial charge < -0.3 is 14.8 Å². The van der Waals surface area contributed by atoms with E-state index >= 15 is 0 Å². The Morgan fingerprint density at radius 3 is 3.14 bits per heavy atom. The number of fused-ring (bicyclic) bond motifs is 1. The van der Waals surface area contributed by atoms with Gasteiger partial charge in [0.15, 0.2) is 5.82 Å². The Kier molecular flexibility index (Phi) is 3.42. The second-order valence-corrected chi connectivity index (χ2v) is 4.59. The molecule has 7 heteroatoms. The predicted octanol–water partition coefficient (Wildman–Crippen LogP) is 2.41. The molecule has 0 aromatic carbocycles. The zero-order valence-corrected chi connectivity index (χ0v) is 11.6. The summed E-state index contributed by atoms with van der Waals surface area (Å²) in [5.41, 5.74) is 1.37. The Bertz CT molecular complexity index is 913. The predicted molar refractivity (Wildman–Crippen MR) is 79.6 cm³/mol. The van der Waals surface area contributed by atoms with Gasteiger partial charge in [-0.1, -0.05) is 5.16 Å². The highest BCUT2D eigenvalue weighted by Gasteiger charge is 2.13. The van der Waals surface area contributed by atoms with Crippen molar-refractivity contribution in [3.8, 4) is 6.07 Å². The molecule has 22 heavy (non-hydrogen) atoms. The molecule has 0 saturated heterocycles. The number of rotatable bonds is 3. The molecule has 108 valence electrons. The first-order valence-corrected chi connectivity index (χ1v) is 6.46. The van der Waals surface area contributed by atoms with Crippen molar-refractivity contribution < 1.29 is 9.32 Å². The summed E-state index contributed by atoms with van der Waals surface area (Å²) in [7, 11) is 0. The highest BCUT2D eigenvalue weighted by atomic mass is 16.5. The zero-order valence-electron chi connectivity index (χ0n) is 11.6. The standard InChI is InChI=1S/C15H11N5O2/c1-9-5-13(20-22-9)19-15(21)10(7-16)6-11-8-18-14-12(11)3-2-4-17-14/h2-6,8H,1H3,(H,17,18)(H,19,20,21). The van der Waals surface area contributed by atoms with Crippen LogP contribution in [0.1, 0.15) is 11.3 Å². The molecule has 0 spiro atoms. The number of nitriles is 1. The first kappa shape index (κ1) is 13.6. The number of aromatic nitrogens is 3. The SMILES string of the molecule is Cc1cc(NC(=O)C(C#N)=Cc2c[nH]c3ncccc23)no1. The van der Waals surface area contributed by atoms with E-state index in [1.807, 2.05) is 12.1 Å². The van der Waals surface area contributed by atoms with Gasteiger partial charge in [0.2, 0.25) is 0 Å². The van der Waals surface area contributed by atoms with E-state index in [-0.39, 0.29) is 11.4 Å². The van der Waals surface area contributed by atoms with Crippen LogP contribution in [-0.2, 0) is 4.79 Å². The van der Waals surface area contributed by atoms with Crippen LogP contribution >= 0.6 is 0 Å². The van der Waals surface area contributed by atoms with Gasteiger partial charge in [0, 0.05) is 29.4 Å². The van der Waals surface area contributed by atoms with Gasteiger partial charge in [0.1, 0.15) is 23.0 Å². The highest BCUT2D eigenvalue weighted by Crippen LogP contribution is 2.19. The fourth-order valence-corrected chi connectivity index (χ4v) is 2.01. The van der Waals surface area contributed by atoms with Crippen molar-refractivity contribution in [2.24, 2.45) is 0 Å². The van der Waals surface area contributed by atoms with Crippen molar-refractivity contribution >= 4 is 28.8 Å². The van der Waals surface area contributed by atoms with E-state index in [1.54, 1.807) is 31.5 Å². The summed E-state index contributed by atoms with van der Waals surface area (Å²) in [6, 6.07) is 7.11. The number of aromatic amines is 1. The van der Waals surface area contributed by atoms with E-state index in [2.05, 4.69) is 20.4 Å². The molecule has 0 bridgehead atoms. The molecule has 3 aromatic rings. The van der Waals surface area contributed by atoms with Gasteiger partial charge in [-0.2, -0.15) is 5.26 Å². The first-order chi connectivity index (χ1) is 10.7. The van der Waals surface area contributed by atoms with Gasteiger partial charge in [0.25, 0.3) is 5.91 Å². The second kappa shape index (κ2) is 5.54. The minimum Gasteiger partial charge on any atom is -0.360 e. The molecule has 3 rings (SSSR count). The van der Waals surface area contributed by atoms with Gasteiger partial charge in [-0.3, -0.25) is 4.79 Å². The van der Waals surface area contributed by atoms with Gasteiger partial charge in [-0.05, 0) is 25.1 Å². The third kappa shape index (κ3) is 2.58. The number of pyridine rings is 1. The van der Waals surface area contributed by atoms with E-state index < -0.39 is 5.91 Å². The number of amides is 1. The smallest absolute Gasteiger partial charge is 0.267 e. The molecule has 0 aliphatic rings. The maximum Gasteiger partial charge on any atom is 0.267 e. The van der Waals surface area contributed by atoms with E-state index in [1.165, 1.54) is 6.08 Å². The molecule has 1 amide bonds. The van der Waals surface area contributed by atoms with Gasteiger partial charge in [-0.15, -0.1) is 0 Å². The molecule has 3 aromatic heterocycles. The van der Waals surface area contributed by atoms with Gasteiger partial charge in [-0.25, -0.2) is 4.98 Å². The van der Waals surface area contributed by atoms with Crippen LogP contribution in [0.25, 0.3) is 17.1 Å². The molecule has 0 fully saturated rings. The molecule has 0 aliphatic carbocycles. The van der Waals surface area contributed by atoms with Crippen LogP contribution in [0, 0.1) is 18.3 Å². The van der Waals surface area contributed by atoms with Crippen molar-refractivity contribution in [1.29, 1.82) is 5.26 Å². The monoisotopic (exact) mass is 293 g/mol. The number of nitrogens with one attached hydrogen (secondary N) is 2. The minimum absolute atomic E-state index is 0.0367. The summed E-state index contributed by atoms with van der Waals surface area (Å²) in [5.74, 6) is 0.291. The molecule has 2 N–H and O–H groups in total. The number of carbonyl (C=O) groups excluding carboxylic acids is 1. The molecular weight excluding hydrogens is 282 g/mol. The number of anilines is 1. The minimum atomic E-state index is -0.547. The highest BCUT2D eigenvalue weighted by molar-refractivity contribution is 6.10. The zero-order chi connectivity index (χ0) is 15.5. The average molecular weight is 293 g/mol. The summed E-state index contributed by atoms with van der Waals surface area (Å²) in [5, 5.41) is 16.2. The molecular formula is C15H11N5O2. The number of hydrogen-bond donors (Lipinski definition) is 2. The lowest BCUT2D eigenvalue weighted by atomic mass is 10.1. The number of H-pyrrole nitrogens is 1. The molecule has 0 atom stereocenters. The Balaban J connectivity index is 1.90. The van der Waals surface area contributed by atoms with Crippen molar-refractivity contribution in [1.82, 2.24) is 15.1 Å². The fourth-order valence-electron chi connectivity index (χ4n) is 2.01. The van der Waals surface area contributed by atoms with E-state index in [0.29, 0.717) is 17.0 Å². The quantitative estimate of drug-likeness (QED) is 0.569. The summed E-state index contributed by atoms with van der Waals surface area (Å²) in [4.78, 5) is 19.3. The van der Waals surface area contributed by atoms with Crippen LogP contribution in [0.4, 0.5) is 5.82 Å². The maximum atomic E-state index is 12.1. The molecule has 0 radical (unpaired) electrons. The van der Waals surface area contributed by atoms with Crippen LogP contribution in [0.5, 0.6) is 0 Å². The number of aryl methyl sites for hydroxylation is 1. The summed E-state index contributed by atoms with van der Waals surface area (Å²) in [6.07, 6.45) is 4.86. The Morgan fingerprint density at radius 1 is 1.55 bits per heavy atom. The average Bonchev–Trinajstić information content (AvgIpc) is 3.11. The maximum absolute atomic E-state index is 12.1. The van der Waals surface area contributed by atoms with Gasteiger partial charge in [0.05, 0.1) is 0 Å². The van der Waals surface area contributed by atoms with E-state index in [4.69, 9.17) is 4.52 Å². The number of carbonyl (C=O) groups is 1. The lowest BCUT2D eigenvalue weighted by Crippen LogP contribution is -2.13. The summed E-state index contributed by atoms with van der Waals surface area (Å²) >= 11 is 0. The first-order valence-electron chi connectivity index (χ1n) is 6.46. The lowest BCUT2D eigenvalue weighted by molar-refractivity contribution is -0.112. The lowest BCUT2D eigenvalue weighted by Gasteiger charge is -1.99. The molecule has 3 heterocycles. The van der Waals surface area contributed by atoms with Crippen LogP contribution in [0.2, 0.25) is 0 Å². The van der Waals surface area contributed by atoms with Crippen LogP contribution in [0.3, 0.4) is 0 Å². The largest absolute Gasteiger partial charge is 0.360 e. The second-order valence-electron chi connectivity index (χ2n) is 4.59. The van der Waals surface area contributed by atoms with Crippen molar-refractivity contribution in [3.63, 3.8) is 0 Å². The Labute approximate surface area is 125 Å². The Morgan fingerprint density at radius 2 is 2.41 bits per heavy atom. The number of nitrogens with zero attached hydrogens (tertiary/aromatic N) is 3. The summed E-state index contributed by atoms with van der Waals surface area (Å²) in [6.45, 7) is 1.71. The van der Waals surface area contributed by atoms with Crippen LogP contribution in [0.15, 0.2) is 40.7 Å². The Hall–Kier alpha value is -3.40. The molecule has 0 unspecified atom stereocenters. The molecule has 0 saturated carbocycles. The number of hydrogen-bond acceptors (Lipinski definition) is 5. The van der Waals surface area contributed by atoms with Crippen molar-refractivity contribution in [2.45, 2.75) is 6.92 Å². The molecule has 7 nitrogen and oxygen atoms in total. The topological polar surface area (TPSA) is 108 Å². The van der Waals surface area contributed by atoms with Crippen molar-refractivity contribution in [2.75, 3.05) is 5.32 Å². The van der Waals surface area contributed by atoms with E-state index in [0.717, 1.165) is 5.39 Å².